The summed E-state index contributed by atoms with van der Waals surface area (Å²) < 4.78 is 3.64. The van der Waals surface area contributed by atoms with Crippen LogP contribution in [0.25, 0.3) is 11.3 Å². The number of nitrogens with zero attached hydrogens (tertiary/aromatic N) is 6. The number of hydrogen-bond acceptors (Lipinski definition) is 7. The standard InChI is InChI=1S/C18H23N7O2/c1-24-6-5-20-16(24)9-21-14-7-13(17(26)18(14)27)10-25-11-15(22-23-25)12-3-2-4-19-8-12/h2-6,8,11,13-14,17-18,21,26-27H,7,9-10H2,1H3/t13-,14-,17-,18+/m1/s1. The second-order valence-electron chi connectivity index (χ2n) is 6.99. The third-order valence-electron chi connectivity index (χ3n) is 5.16. The van der Waals surface area contributed by atoms with E-state index in [2.05, 4.69) is 25.6 Å². The van der Waals surface area contributed by atoms with Crippen LogP contribution in [0.5, 0.6) is 0 Å². The van der Waals surface area contributed by atoms with E-state index in [0.29, 0.717) is 19.5 Å². The van der Waals surface area contributed by atoms with Gasteiger partial charge < -0.3 is 20.1 Å². The largest absolute Gasteiger partial charge is 0.390 e. The molecule has 4 atom stereocenters. The molecule has 27 heavy (non-hydrogen) atoms. The minimum atomic E-state index is -0.823. The summed E-state index contributed by atoms with van der Waals surface area (Å²) in [5, 5.41) is 32.5. The van der Waals surface area contributed by atoms with Crippen molar-refractivity contribution in [3.63, 3.8) is 0 Å². The zero-order chi connectivity index (χ0) is 18.8. The van der Waals surface area contributed by atoms with Crippen molar-refractivity contribution in [2.45, 2.75) is 37.8 Å². The number of imidazole rings is 1. The number of aliphatic hydroxyl groups excluding tert-OH is 2. The fourth-order valence-electron chi connectivity index (χ4n) is 3.57. The molecule has 0 bridgehead atoms. The van der Waals surface area contributed by atoms with Crippen molar-refractivity contribution in [1.82, 2.24) is 34.8 Å². The highest BCUT2D eigenvalue weighted by Crippen LogP contribution is 2.28. The lowest BCUT2D eigenvalue weighted by Crippen LogP contribution is -2.40. The molecular formula is C18H23N7O2. The number of rotatable bonds is 6. The summed E-state index contributed by atoms with van der Waals surface area (Å²) >= 11 is 0. The van der Waals surface area contributed by atoms with E-state index in [-0.39, 0.29) is 12.0 Å². The molecule has 0 spiro atoms. The zero-order valence-electron chi connectivity index (χ0n) is 15.0. The molecule has 9 heteroatoms. The second kappa shape index (κ2) is 7.55. The number of pyridine rings is 1. The summed E-state index contributed by atoms with van der Waals surface area (Å²) in [7, 11) is 1.93. The van der Waals surface area contributed by atoms with Crippen LogP contribution < -0.4 is 5.32 Å². The monoisotopic (exact) mass is 369 g/mol. The predicted molar refractivity (Wildman–Crippen MR) is 97.2 cm³/mol. The minimum Gasteiger partial charge on any atom is -0.390 e. The molecule has 3 aromatic heterocycles. The quantitative estimate of drug-likeness (QED) is 0.559. The van der Waals surface area contributed by atoms with Crippen LogP contribution in [-0.2, 0) is 20.1 Å². The normalized spacial score (nSPS) is 25.1. The molecule has 0 aliphatic heterocycles. The molecule has 0 unspecified atom stereocenters. The highest BCUT2D eigenvalue weighted by molar-refractivity contribution is 5.55. The molecule has 0 radical (unpaired) electrons. The van der Waals surface area contributed by atoms with E-state index in [1.165, 1.54) is 0 Å². The Morgan fingerprint density at radius 3 is 2.89 bits per heavy atom. The third-order valence-corrected chi connectivity index (χ3v) is 5.16. The van der Waals surface area contributed by atoms with E-state index in [4.69, 9.17) is 0 Å². The molecule has 3 heterocycles. The van der Waals surface area contributed by atoms with Gasteiger partial charge >= 0.3 is 0 Å². The lowest BCUT2D eigenvalue weighted by atomic mass is 10.1. The summed E-state index contributed by atoms with van der Waals surface area (Å²) in [4.78, 5) is 8.36. The molecule has 0 saturated heterocycles. The molecule has 4 rings (SSSR count). The maximum atomic E-state index is 10.4. The maximum absolute atomic E-state index is 10.4. The van der Waals surface area contributed by atoms with Gasteiger partial charge in [-0.1, -0.05) is 5.21 Å². The van der Waals surface area contributed by atoms with Crippen LogP contribution in [0.4, 0.5) is 0 Å². The SMILES string of the molecule is Cn1ccnc1CN[C@@H]1C[C@H](Cn2cc(-c3cccnc3)nn2)[C@@H](O)[C@H]1O. The van der Waals surface area contributed by atoms with Crippen LogP contribution in [0, 0.1) is 5.92 Å². The van der Waals surface area contributed by atoms with E-state index in [0.717, 1.165) is 17.1 Å². The van der Waals surface area contributed by atoms with Gasteiger partial charge in [-0.05, 0) is 18.6 Å². The minimum absolute atomic E-state index is 0.109. The van der Waals surface area contributed by atoms with E-state index in [1.54, 1.807) is 23.3 Å². The van der Waals surface area contributed by atoms with Crippen LogP contribution in [0.15, 0.2) is 43.1 Å². The Balaban J connectivity index is 1.38. The first kappa shape index (κ1) is 17.8. The van der Waals surface area contributed by atoms with Crippen LogP contribution in [0.1, 0.15) is 12.2 Å². The number of hydrogen-bond donors (Lipinski definition) is 3. The van der Waals surface area contributed by atoms with Crippen LogP contribution in [0.2, 0.25) is 0 Å². The summed E-state index contributed by atoms with van der Waals surface area (Å²) in [6.45, 7) is 1.03. The van der Waals surface area contributed by atoms with Gasteiger partial charge in [0.2, 0.25) is 0 Å². The van der Waals surface area contributed by atoms with Crippen molar-refractivity contribution < 1.29 is 10.2 Å². The van der Waals surface area contributed by atoms with Crippen molar-refractivity contribution in [1.29, 1.82) is 0 Å². The number of aromatic nitrogens is 6. The fraction of sp³-hybridized carbons (Fsp3) is 0.444. The van der Waals surface area contributed by atoms with E-state index in [9.17, 15) is 10.2 Å². The van der Waals surface area contributed by atoms with Gasteiger partial charge in [-0.15, -0.1) is 5.10 Å². The van der Waals surface area contributed by atoms with Crippen molar-refractivity contribution >= 4 is 0 Å². The topological polar surface area (TPSA) is 114 Å². The van der Waals surface area contributed by atoms with Crippen LogP contribution >= 0.6 is 0 Å². The number of aryl methyl sites for hydroxylation is 1. The predicted octanol–water partition coefficient (Wildman–Crippen LogP) is -0.0263. The summed E-state index contributed by atoms with van der Waals surface area (Å²) in [6, 6.07) is 3.58. The van der Waals surface area contributed by atoms with Gasteiger partial charge in [0, 0.05) is 55.9 Å². The van der Waals surface area contributed by atoms with Crippen LogP contribution in [-0.4, -0.2) is 58.0 Å². The molecule has 1 aliphatic carbocycles. The summed E-state index contributed by atoms with van der Waals surface area (Å²) in [5.41, 5.74) is 1.63. The Morgan fingerprint density at radius 1 is 1.26 bits per heavy atom. The third kappa shape index (κ3) is 3.75. The van der Waals surface area contributed by atoms with Crippen molar-refractivity contribution in [3.05, 3.63) is 48.9 Å². The highest BCUT2D eigenvalue weighted by atomic mass is 16.3. The second-order valence-corrected chi connectivity index (χ2v) is 6.99. The molecule has 142 valence electrons. The fourth-order valence-corrected chi connectivity index (χ4v) is 3.57. The molecule has 1 saturated carbocycles. The molecule has 0 amide bonds. The highest BCUT2D eigenvalue weighted by Gasteiger charge is 2.41. The van der Waals surface area contributed by atoms with Crippen LogP contribution in [0.3, 0.4) is 0 Å². The first-order chi connectivity index (χ1) is 13.1. The Hall–Kier alpha value is -2.62. The average Bonchev–Trinajstić information content (AvgIpc) is 3.38. The maximum Gasteiger partial charge on any atom is 0.122 e. The average molecular weight is 369 g/mol. The summed E-state index contributed by atoms with van der Waals surface area (Å²) in [6.07, 6.45) is 7.92. The Morgan fingerprint density at radius 2 is 2.15 bits per heavy atom. The zero-order valence-corrected chi connectivity index (χ0v) is 15.0. The lowest BCUT2D eigenvalue weighted by molar-refractivity contribution is 0.00713. The number of aliphatic hydroxyl groups is 2. The van der Waals surface area contributed by atoms with Gasteiger partial charge in [0.05, 0.1) is 24.9 Å². The number of nitrogens with one attached hydrogen (secondary N) is 1. The van der Waals surface area contributed by atoms with Crippen molar-refractivity contribution in [2.24, 2.45) is 13.0 Å². The molecular weight excluding hydrogens is 346 g/mol. The van der Waals surface area contributed by atoms with Gasteiger partial charge in [-0.3, -0.25) is 9.67 Å². The Kier molecular flexibility index (Phi) is 4.97. The Bertz CT molecular complexity index is 879. The summed E-state index contributed by atoms with van der Waals surface area (Å²) in [5.74, 6) is 0.778. The first-order valence-electron chi connectivity index (χ1n) is 8.98. The Labute approximate surface area is 156 Å². The van der Waals surface area contributed by atoms with Gasteiger partial charge in [-0.25, -0.2) is 4.98 Å². The van der Waals surface area contributed by atoms with Gasteiger partial charge in [0.1, 0.15) is 11.5 Å². The molecule has 1 fully saturated rings. The van der Waals surface area contributed by atoms with Gasteiger partial charge in [-0.2, -0.15) is 0 Å². The van der Waals surface area contributed by atoms with E-state index < -0.39 is 12.2 Å². The lowest BCUT2D eigenvalue weighted by Gasteiger charge is -2.18. The smallest absolute Gasteiger partial charge is 0.122 e. The molecule has 0 aromatic carbocycles. The van der Waals surface area contributed by atoms with Gasteiger partial charge in [0.25, 0.3) is 0 Å². The molecule has 3 aromatic rings. The van der Waals surface area contributed by atoms with Gasteiger partial charge in [0.15, 0.2) is 0 Å². The molecule has 9 nitrogen and oxygen atoms in total. The van der Waals surface area contributed by atoms with E-state index in [1.807, 2.05) is 36.1 Å². The first-order valence-corrected chi connectivity index (χ1v) is 8.98. The molecule has 3 N–H and O–H groups in total. The van der Waals surface area contributed by atoms with Crippen molar-refractivity contribution in [3.8, 4) is 11.3 Å². The molecule has 1 aliphatic rings. The van der Waals surface area contributed by atoms with E-state index >= 15 is 0 Å². The van der Waals surface area contributed by atoms with Crippen molar-refractivity contribution in [2.75, 3.05) is 0 Å².